The predicted octanol–water partition coefficient (Wildman–Crippen LogP) is 2.47. The molecule has 0 unspecified atom stereocenters. The Kier molecular flexibility index (Phi) is 4.69. The number of amides is 1. The Morgan fingerprint density at radius 3 is 2.44 bits per heavy atom. The predicted molar refractivity (Wildman–Crippen MR) is 94.7 cm³/mol. The van der Waals surface area contributed by atoms with Crippen LogP contribution in [0.5, 0.6) is 5.75 Å². The van der Waals surface area contributed by atoms with E-state index in [9.17, 15) is 13.2 Å². The molecular weight excluding hydrogens is 340 g/mol. The van der Waals surface area contributed by atoms with Crippen LogP contribution in [-0.4, -0.2) is 21.4 Å². The number of hydrogen-bond acceptors (Lipinski definition) is 4. The second-order valence-electron chi connectivity index (χ2n) is 5.30. The number of rotatable bonds is 5. The van der Waals surface area contributed by atoms with Crippen LogP contribution in [0.4, 0.5) is 0 Å². The van der Waals surface area contributed by atoms with Crippen molar-refractivity contribution in [1.82, 2.24) is 10.3 Å². The van der Waals surface area contributed by atoms with E-state index in [-0.39, 0.29) is 4.90 Å². The summed E-state index contributed by atoms with van der Waals surface area (Å²) >= 11 is 0. The number of hydrazine groups is 1. The smallest absolute Gasteiger partial charge is 0.266 e. The molecule has 0 heterocycles. The summed E-state index contributed by atoms with van der Waals surface area (Å²) in [6.07, 6.45) is 0. The van der Waals surface area contributed by atoms with E-state index in [1.165, 1.54) is 19.2 Å². The van der Waals surface area contributed by atoms with Crippen LogP contribution >= 0.6 is 0 Å². The zero-order chi connectivity index (χ0) is 17.9. The van der Waals surface area contributed by atoms with E-state index in [0.29, 0.717) is 11.3 Å². The van der Waals surface area contributed by atoms with Crippen LogP contribution in [0.3, 0.4) is 0 Å². The second-order valence-corrected chi connectivity index (χ2v) is 6.98. The molecule has 0 saturated carbocycles. The lowest BCUT2D eigenvalue weighted by atomic mass is 10.1. The molecule has 0 atom stereocenters. The molecule has 0 aliphatic heterocycles. The van der Waals surface area contributed by atoms with Crippen molar-refractivity contribution < 1.29 is 17.9 Å². The Bertz CT molecular complexity index is 1030. The quantitative estimate of drug-likeness (QED) is 0.688. The molecule has 128 valence electrons. The summed E-state index contributed by atoms with van der Waals surface area (Å²) in [7, 11) is -2.46. The van der Waals surface area contributed by atoms with E-state index < -0.39 is 15.9 Å². The third-order valence-electron chi connectivity index (χ3n) is 3.66. The number of ether oxygens (including phenoxy) is 1. The molecule has 0 bridgehead atoms. The van der Waals surface area contributed by atoms with E-state index in [4.69, 9.17) is 4.74 Å². The first-order valence-corrected chi connectivity index (χ1v) is 8.93. The Balaban J connectivity index is 1.75. The van der Waals surface area contributed by atoms with Gasteiger partial charge in [0, 0.05) is 11.6 Å². The molecule has 3 rings (SSSR count). The maximum atomic E-state index is 12.3. The highest BCUT2D eigenvalue weighted by Crippen LogP contribution is 2.17. The summed E-state index contributed by atoms with van der Waals surface area (Å²) in [4.78, 5) is 14.3. The van der Waals surface area contributed by atoms with Gasteiger partial charge in [0.1, 0.15) is 5.75 Å². The summed E-state index contributed by atoms with van der Waals surface area (Å²) in [5.74, 6) is -0.138. The van der Waals surface area contributed by atoms with Crippen LogP contribution in [0.15, 0.2) is 71.6 Å². The summed E-state index contributed by atoms with van der Waals surface area (Å²) in [5, 5.41) is 1.89. The first-order chi connectivity index (χ1) is 12.0. The first-order valence-electron chi connectivity index (χ1n) is 7.44. The van der Waals surface area contributed by atoms with Crippen molar-refractivity contribution >= 4 is 26.7 Å². The molecule has 3 aromatic carbocycles. The van der Waals surface area contributed by atoms with Crippen LogP contribution in [-0.2, 0) is 10.0 Å². The Labute approximate surface area is 145 Å². The lowest BCUT2D eigenvalue weighted by Gasteiger charge is -2.10. The Hall–Kier alpha value is -2.90. The van der Waals surface area contributed by atoms with Gasteiger partial charge in [-0.3, -0.25) is 10.2 Å². The molecule has 0 aliphatic carbocycles. The number of sulfonamides is 1. The van der Waals surface area contributed by atoms with E-state index in [0.717, 1.165) is 10.8 Å². The van der Waals surface area contributed by atoms with E-state index in [1.807, 2.05) is 24.3 Å². The van der Waals surface area contributed by atoms with E-state index in [2.05, 4.69) is 10.3 Å². The second kappa shape index (κ2) is 6.92. The van der Waals surface area contributed by atoms with Gasteiger partial charge in [-0.2, -0.15) is 0 Å². The highest BCUT2D eigenvalue weighted by molar-refractivity contribution is 7.89. The Morgan fingerprint density at radius 1 is 0.920 bits per heavy atom. The molecule has 0 spiro atoms. The van der Waals surface area contributed by atoms with Crippen molar-refractivity contribution in [3.8, 4) is 5.75 Å². The molecule has 1 amide bonds. The zero-order valence-electron chi connectivity index (χ0n) is 13.4. The lowest BCUT2D eigenvalue weighted by Crippen LogP contribution is -2.41. The van der Waals surface area contributed by atoms with Gasteiger partial charge in [0.05, 0.1) is 12.0 Å². The van der Waals surface area contributed by atoms with Gasteiger partial charge in [0.2, 0.25) is 0 Å². The first kappa shape index (κ1) is 16.9. The normalized spacial score (nSPS) is 11.2. The fraction of sp³-hybridized carbons (Fsp3) is 0.0556. The van der Waals surface area contributed by atoms with Crippen molar-refractivity contribution in [2.45, 2.75) is 4.90 Å². The molecular formula is C18H16N2O4S. The van der Waals surface area contributed by atoms with Gasteiger partial charge in [-0.25, -0.2) is 8.42 Å². The minimum absolute atomic E-state index is 0.00865. The van der Waals surface area contributed by atoms with Gasteiger partial charge < -0.3 is 4.74 Å². The van der Waals surface area contributed by atoms with Gasteiger partial charge >= 0.3 is 0 Å². The fourth-order valence-electron chi connectivity index (χ4n) is 2.34. The standard InChI is InChI=1S/C18H16N2O4S/c1-24-16-7-4-8-17(12-16)25(22,23)20-19-18(21)15-10-9-13-5-2-3-6-14(13)11-15/h2-12,20H,1H3,(H,19,21). The lowest BCUT2D eigenvalue weighted by molar-refractivity contribution is 0.0945. The van der Waals surface area contributed by atoms with Crippen LogP contribution in [0.2, 0.25) is 0 Å². The largest absolute Gasteiger partial charge is 0.497 e. The third-order valence-corrected chi connectivity index (χ3v) is 4.91. The number of carbonyl (C=O) groups is 1. The highest BCUT2D eigenvalue weighted by Gasteiger charge is 2.16. The van der Waals surface area contributed by atoms with Crippen LogP contribution in [0, 0.1) is 0 Å². The van der Waals surface area contributed by atoms with Crippen molar-refractivity contribution in [3.63, 3.8) is 0 Å². The molecule has 0 fully saturated rings. The van der Waals surface area contributed by atoms with Crippen LogP contribution < -0.4 is 15.0 Å². The molecule has 6 nitrogen and oxygen atoms in total. The number of nitrogens with one attached hydrogen (secondary N) is 2. The summed E-state index contributed by atoms with van der Waals surface area (Å²) in [6, 6.07) is 18.7. The molecule has 25 heavy (non-hydrogen) atoms. The molecule has 2 N–H and O–H groups in total. The molecule has 7 heteroatoms. The highest BCUT2D eigenvalue weighted by atomic mass is 32.2. The minimum Gasteiger partial charge on any atom is -0.497 e. The van der Waals surface area contributed by atoms with Crippen LogP contribution in [0.1, 0.15) is 10.4 Å². The average molecular weight is 356 g/mol. The van der Waals surface area contributed by atoms with E-state index in [1.54, 1.807) is 30.3 Å². The summed E-state index contributed by atoms with van der Waals surface area (Å²) in [6.45, 7) is 0. The SMILES string of the molecule is COc1cccc(S(=O)(=O)NNC(=O)c2ccc3ccccc3c2)c1. The molecule has 3 aromatic rings. The van der Waals surface area contributed by atoms with Gasteiger partial charge in [0.25, 0.3) is 15.9 Å². The van der Waals surface area contributed by atoms with Crippen LogP contribution in [0.25, 0.3) is 10.8 Å². The molecule has 0 radical (unpaired) electrons. The topological polar surface area (TPSA) is 84.5 Å². The van der Waals surface area contributed by atoms with Gasteiger partial charge in [-0.15, -0.1) is 4.83 Å². The number of fused-ring (bicyclic) bond motifs is 1. The maximum Gasteiger partial charge on any atom is 0.266 e. The number of carbonyl (C=O) groups excluding carboxylic acids is 1. The van der Waals surface area contributed by atoms with Gasteiger partial charge in [-0.05, 0) is 35.0 Å². The molecule has 0 aromatic heterocycles. The van der Waals surface area contributed by atoms with E-state index >= 15 is 0 Å². The van der Waals surface area contributed by atoms with Crippen molar-refractivity contribution in [2.24, 2.45) is 0 Å². The van der Waals surface area contributed by atoms with Gasteiger partial charge in [-0.1, -0.05) is 36.4 Å². The number of hydrogen-bond donors (Lipinski definition) is 2. The Morgan fingerprint density at radius 2 is 1.68 bits per heavy atom. The fourth-order valence-corrected chi connectivity index (χ4v) is 3.22. The number of benzene rings is 3. The van der Waals surface area contributed by atoms with Crippen molar-refractivity contribution in [1.29, 1.82) is 0 Å². The third kappa shape index (κ3) is 3.78. The molecule has 0 aliphatic rings. The van der Waals surface area contributed by atoms with Gasteiger partial charge in [0.15, 0.2) is 0 Å². The molecule has 0 saturated heterocycles. The number of methoxy groups -OCH3 is 1. The average Bonchev–Trinajstić information content (AvgIpc) is 2.65. The summed E-state index contributed by atoms with van der Waals surface area (Å²) < 4.78 is 29.5. The van der Waals surface area contributed by atoms with Crippen molar-refractivity contribution in [3.05, 3.63) is 72.3 Å². The minimum atomic E-state index is -3.90. The summed E-state index contributed by atoms with van der Waals surface area (Å²) in [5.41, 5.74) is 2.58. The monoisotopic (exact) mass is 356 g/mol. The van der Waals surface area contributed by atoms with Crippen molar-refractivity contribution in [2.75, 3.05) is 7.11 Å². The zero-order valence-corrected chi connectivity index (χ0v) is 14.2. The maximum absolute atomic E-state index is 12.3.